The van der Waals surface area contributed by atoms with Gasteiger partial charge in [-0.1, -0.05) is 0 Å². The Hall–Kier alpha value is -1.69. The Morgan fingerprint density at radius 2 is 2.21 bits per heavy atom. The topological polar surface area (TPSA) is 95.6 Å². The van der Waals surface area contributed by atoms with E-state index in [-0.39, 0.29) is 6.04 Å². The van der Waals surface area contributed by atoms with Crippen LogP contribution in [0.15, 0.2) is 12.7 Å². The molecule has 0 amide bonds. The number of nitrogens with two attached hydrogens (primary N) is 2. The second-order valence-corrected chi connectivity index (χ2v) is 3.31. The fourth-order valence-electron chi connectivity index (χ4n) is 1.34. The van der Waals surface area contributed by atoms with Gasteiger partial charge in [0.2, 0.25) is 0 Å². The van der Waals surface area contributed by atoms with Crippen LogP contribution in [0.3, 0.4) is 0 Å². The van der Waals surface area contributed by atoms with Crippen molar-refractivity contribution in [1.82, 2.24) is 19.5 Å². The van der Waals surface area contributed by atoms with Gasteiger partial charge in [-0.15, -0.1) is 0 Å². The largest absolute Gasteiger partial charge is 0.382 e. The summed E-state index contributed by atoms with van der Waals surface area (Å²) in [6, 6.07) is 0.0589. The Morgan fingerprint density at radius 3 is 2.93 bits per heavy atom. The molecule has 14 heavy (non-hydrogen) atoms. The second-order valence-electron chi connectivity index (χ2n) is 3.31. The molecule has 0 aliphatic carbocycles. The quantitative estimate of drug-likeness (QED) is 0.684. The lowest BCUT2D eigenvalue weighted by Crippen LogP contribution is -2.21. The average Bonchev–Trinajstić information content (AvgIpc) is 2.49. The zero-order valence-corrected chi connectivity index (χ0v) is 7.88. The minimum Gasteiger partial charge on any atom is -0.382 e. The molecule has 1 atom stereocenters. The maximum absolute atomic E-state index is 5.69. The van der Waals surface area contributed by atoms with Gasteiger partial charge in [0.25, 0.3) is 0 Å². The monoisotopic (exact) mass is 192 g/mol. The number of aromatic nitrogens is 4. The van der Waals surface area contributed by atoms with Crippen LogP contribution < -0.4 is 11.5 Å². The lowest BCUT2D eigenvalue weighted by Gasteiger charge is -2.05. The molecule has 0 bridgehead atoms. The Bertz CT molecular complexity index is 446. The summed E-state index contributed by atoms with van der Waals surface area (Å²) in [4.78, 5) is 12.1. The number of hydrogen-bond acceptors (Lipinski definition) is 5. The molecule has 6 heteroatoms. The summed E-state index contributed by atoms with van der Waals surface area (Å²) in [5.74, 6) is 0.401. The Morgan fingerprint density at radius 1 is 1.43 bits per heavy atom. The highest BCUT2D eigenvalue weighted by atomic mass is 15.1. The van der Waals surface area contributed by atoms with E-state index in [4.69, 9.17) is 11.5 Å². The van der Waals surface area contributed by atoms with Gasteiger partial charge in [0.1, 0.15) is 11.8 Å². The third kappa shape index (κ3) is 1.39. The summed E-state index contributed by atoms with van der Waals surface area (Å²) in [5, 5.41) is 0. The van der Waals surface area contributed by atoms with Crippen LogP contribution in [0.5, 0.6) is 0 Å². The highest BCUT2D eigenvalue weighted by Crippen LogP contribution is 2.13. The van der Waals surface area contributed by atoms with E-state index in [0.717, 1.165) is 5.65 Å². The van der Waals surface area contributed by atoms with Crippen LogP contribution >= 0.6 is 0 Å². The third-order valence-electron chi connectivity index (χ3n) is 1.91. The summed E-state index contributed by atoms with van der Waals surface area (Å²) < 4.78 is 1.87. The van der Waals surface area contributed by atoms with Gasteiger partial charge in [0.05, 0.1) is 6.33 Å². The van der Waals surface area contributed by atoms with Crippen molar-refractivity contribution in [2.45, 2.75) is 19.5 Å². The van der Waals surface area contributed by atoms with Crippen molar-refractivity contribution in [3.8, 4) is 0 Å². The zero-order valence-electron chi connectivity index (χ0n) is 7.88. The molecule has 0 saturated heterocycles. The van der Waals surface area contributed by atoms with Crippen molar-refractivity contribution >= 4 is 17.0 Å². The highest BCUT2D eigenvalue weighted by molar-refractivity contribution is 5.81. The molecule has 0 spiro atoms. The predicted octanol–water partition coefficient (Wildman–Crippen LogP) is -0.244. The molecular weight excluding hydrogens is 180 g/mol. The highest BCUT2D eigenvalue weighted by Gasteiger charge is 2.08. The summed E-state index contributed by atoms with van der Waals surface area (Å²) in [6.07, 6.45) is 3.11. The number of fused-ring (bicyclic) bond motifs is 1. The molecule has 0 radical (unpaired) electrons. The van der Waals surface area contributed by atoms with Crippen molar-refractivity contribution in [3.05, 3.63) is 12.7 Å². The van der Waals surface area contributed by atoms with Gasteiger partial charge in [-0.05, 0) is 6.92 Å². The number of rotatable bonds is 2. The van der Waals surface area contributed by atoms with Gasteiger partial charge in [0.15, 0.2) is 11.5 Å². The first-order valence-corrected chi connectivity index (χ1v) is 4.35. The maximum atomic E-state index is 5.69. The van der Waals surface area contributed by atoms with Gasteiger partial charge in [-0.2, -0.15) is 0 Å². The first-order chi connectivity index (χ1) is 6.68. The molecule has 0 aliphatic rings. The minimum absolute atomic E-state index is 0.0589. The fraction of sp³-hybridized carbons (Fsp3) is 0.375. The van der Waals surface area contributed by atoms with Crippen LogP contribution in [0.2, 0.25) is 0 Å². The SMILES string of the molecule is C[C@H](N)Cn1cnc2c(N)ncnc21. The first kappa shape index (κ1) is 8.89. The lowest BCUT2D eigenvalue weighted by atomic mass is 10.3. The van der Waals surface area contributed by atoms with E-state index in [1.54, 1.807) is 6.33 Å². The molecule has 0 saturated carbocycles. The van der Waals surface area contributed by atoms with Crippen LogP contribution in [0.1, 0.15) is 6.92 Å². The normalized spacial score (nSPS) is 13.3. The molecule has 2 rings (SSSR count). The standard InChI is InChI=1S/C8H12N6/c1-5(9)2-14-4-13-6-7(10)11-3-12-8(6)14/h3-5H,2,9H2,1H3,(H2,10,11,12)/t5-/m0/s1. The van der Waals surface area contributed by atoms with Crippen LogP contribution in [-0.2, 0) is 6.54 Å². The Kier molecular flexibility index (Phi) is 2.05. The molecule has 0 aliphatic heterocycles. The Balaban J connectivity index is 2.52. The molecule has 2 heterocycles. The molecule has 0 fully saturated rings. The van der Waals surface area contributed by atoms with E-state index in [1.165, 1.54) is 6.33 Å². The number of nitrogen functional groups attached to an aromatic ring is 1. The molecular formula is C8H12N6. The van der Waals surface area contributed by atoms with Gasteiger partial charge in [-0.25, -0.2) is 15.0 Å². The molecule has 0 unspecified atom stereocenters. The van der Waals surface area contributed by atoms with E-state index in [1.807, 2.05) is 11.5 Å². The third-order valence-corrected chi connectivity index (χ3v) is 1.91. The van der Waals surface area contributed by atoms with Gasteiger partial charge >= 0.3 is 0 Å². The van der Waals surface area contributed by atoms with Gasteiger partial charge in [-0.3, -0.25) is 0 Å². The van der Waals surface area contributed by atoms with E-state index in [2.05, 4.69) is 15.0 Å². The van der Waals surface area contributed by atoms with E-state index in [0.29, 0.717) is 17.9 Å². The second kappa shape index (κ2) is 3.22. The summed E-state index contributed by atoms with van der Waals surface area (Å²) in [6.45, 7) is 2.60. The number of hydrogen-bond donors (Lipinski definition) is 2. The van der Waals surface area contributed by atoms with Crippen molar-refractivity contribution < 1.29 is 0 Å². The van der Waals surface area contributed by atoms with Crippen molar-refractivity contribution in [2.24, 2.45) is 5.73 Å². The Labute approximate surface area is 81.0 Å². The maximum Gasteiger partial charge on any atom is 0.165 e. The number of nitrogens with zero attached hydrogens (tertiary/aromatic N) is 4. The van der Waals surface area contributed by atoms with Crippen LogP contribution in [0, 0.1) is 0 Å². The molecule has 0 aromatic carbocycles. The van der Waals surface area contributed by atoms with E-state index in [9.17, 15) is 0 Å². The van der Waals surface area contributed by atoms with Crippen LogP contribution in [0.25, 0.3) is 11.2 Å². The first-order valence-electron chi connectivity index (χ1n) is 4.35. The zero-order chi connectivity index (χ0) is 10.1. The number of imidazole rings is 1. The molecule has 6 nitrogen and oxygen atoms in total. The molecule has 74 valence electrons. The van der Waals surface area contributed by atoms with E-state index < -0.39 is 0 Å². The molecule has 4 N–H and O–H groups in total. The lowest BCUT2D eigenvalue weighted by molar-refractivity contribution is 0.598. The van der Waals surface area contributed by atoms with Gasteiger partial charge < -0.3 is 16.0 Å². The summed E-state index contributed by atoms with van der Waals surface area (Å²) >= 11 is 0. The molecule has 2 aromatic rings. The number of anilines is 1. The smallest absolute Gasteiger partial charge is 0.165 e. The minimum atomic E-state index is 0.0589. The van der Waals surface area contributed by atoms with Crippen LogP contribution in [0.4, 0.5) is 5.82 Å². The average molecular weight is 192 g/mol. The summed E-state index contributed by atoms with van der Waals surface area (Å²) in [5.41, 5.74) is 12.7. The summed E-state index contributed by atoms with van der Waals surface area (Å²) in [7, 11) is 0. The predicted molar refractivity (Wildman–Crippen MR) is 53.4 cm³/mol. The van der Waals surface area contributed by atoms with Crippen molar-refractivity contribution in [2.75, 3.05) is 5.73 Å². The van der Waals surface area contributed by atoms with Gasteiger partial charge in [0, 0.05) is 12.6 Å². The van der Waals surface area contributed by atoms with Crippen LogP contribution in [-0.4, -0.2) is 25.6 Å². The molecule has 2 aromatic heterocycles. The van der Waals surface area contributed by atoms with E-state index >= 15 is 0 Å². The van der Waals surface area contributed by atoms with Crippen molar-refractivity contribution in [3.63, 3.8) is 0 Å². The fourth-order valence-corrected chi connectivity index (χ4v) is 1.34. The van der Waals surface area contributed by atoms with Crippen molar-refractivity contribution in [1.29, 1.82) is 0 Å².